The first-order valence-corrected chi connectivity index (χ1v) is 5.31. The highest BCUT2D eigenvalue weighted by Crippen LogP contribution is 2.18. The van der Waals surface area contributed by atoms with Gasteiger partial charge in [0.25, 0.3) is 0 Å². The molecular weight excluding hydrogens is 188 g/mol. The van der Waals surface area contributed by atoms with Gasteiger partial charge in [-0.15, -0.1) is 11.8 Å². The van der Waals surface area contributed by atoms with Crippen LogP contribution in [-0.2, 0) is 6.54 Å². The van der Waals surface area contributed by atoms with Crippen molar-refractivity contribution in [1.82, 2.24) is 9.78 Å². The predicted molar refractivity (Wildman–Crippen MR) is 60.3 cm³/mol. The SMILES string of the molecule is CC#CCCC(O)c1cc(C)nn1CC. The average molecular weight is 206 g/mol. The molecule has 0 saturated heterocycles. The van der Waals surface area contributed by atoms with Crippen molar-refractivity contribution in [2.75, 3.05) is 0 Å². The van der Waals surface area contributed by atoms with Gasteiger partial charge in [-0.3, -0.25) is 4.68 Å². The first-order valence-electron chi connectivity index (χ1n) is 5.31. The number of aliphatic hydroxyl groups is 1. The number of rotatable bonds is 4. The third-order valence-corrected chi connectivity index (χ3v) is 2.29. The first-order chi connectivity index (χ1) is 7.19. The summed E-state index contributed by atoms with van der Waals surface area (Å²) < 4.78 is 1.85. The third-order valence-electron chi connectivity index (χ3n) is 2.29. The Kier molecular flexibility index (Phi) is 4.38. The molecule has 0 aliphatic carbocycles. The maximum absolute atomic E-state index is 9.94. The van der Waals surface area contributed by atoms with E-state index in [1.54, 1.807) is 0 Å². The van der Waals surface area contributed by atoms with Crippen molar-refractivity contribution < 1.29 is 5.11 Å². The lowest BCUT2D eigenvalue weighted by atomic mass is 10.1. The van der Waals surface area contributed by atoms with Crippen LogP contribution in [0, 0.1) is 18.8 Å². The lowest BCUT2D eigenvalue weighted by molar-refractivity contribution is 0.158. The highest BCUT2D eigenvalue weighted by molar-refractivity contribution is 5.12. The third kappa shape index (κ3) is 3.10. The molecule has 3 heteroatoms. The zero-order valence-corrected chi connectivity index (χ0v) is 9.62. The maximum atomic E-state index is 9.94. The molecule has 1 atom stereocenters. The molecular formula is C12H18N2O. The number of aromatic nitrogens is 2. The minimum atomic E-state index is -0.452. The van der Waals surface area contributed by atoms with Gasteiger partial charge >= 0.3 is 0 Å². The van der Waals surface area contributed by atoms with Crippen molar-refractivity contribution in [3.05, 3.63) is 17.5 Å². The molecule has 1 unspecified atom stereocenters. The van der Waals surface area contributed by atoms with Gasteiger partial charge in [-0.1, -0.05) is 0 Å². The maximum Gasteiger partial charge on any atom is 0.0965 e. The van der Waals surface area contributed by atoms with Gasteiger partial charge in [0.2, 0.25) is 0 Å². The molecule has 0 saturated carbocycles. The van der Waals surface area contributed by atoms with Crippen molar-refractivity contribution in [3.8, 4) is 11.8 Å². The van der Waals surface area contributed by atoms with Gasteiger partial charge in [0.15, 0.2) is 0 Å². The number of nitrogens with zero attached hydrogens (tertiary/aromatic N) is 2. The molecule has 0 amide bonds. The Balaban J connectivity index is 2.70. The average Bonchev–Trinajstić information content (AvgIpc) is 2.60. The van der Waals surface area contributed by atoms with E-state index in [1.807, 2.05) is 31.5 Å². The summed E-state index contributed by atoms with van der Waals surface area (Å²) in [5.74, 6) is 5.78. The molecule has 0 aliphatic heterocycles. The fraction of sp³-hybridized carbons (Fsp3) is 0.583. The van der Waals surface area contributed by atoms with Gasteiger partial charge in [-0.05, 0) is 33.3 Å². The van der Waals surface area contributed by atoms with Crippen LogP contribution in [-0.4, -0.2) is 14.9 Å². The largest absolute Gasteiger partial charge is 0.387 e. The van der Waals surface area contributed by atoms with Crippen LogP contribution >= 0.6 is 0 Å². The minimum absolute atomic E-state index is 0.452. The zero-order valence-electron chi connectivity index (χ0n) is 9.62. The van der Waals surface area contributed by atoms with E-state index in [0.29, 0.717) is 6.42 Å². The van der Waals surface area contributed by atoms with Crippen molar-refractivity contribution >= 4 is 0 Å². The molecule has 15 heavy (non-hydrogen) atoms. The van der Waals surface area contributed by atoms with Crippen LogP contribution in [0.5, 0.6) is 0 Å². The number of hydrogen-bond acceptors (Lipinski definition) is 2. The topological polar surface area (TPSA) is 38.1 Å². The van der Waals surface area contributed by atoms with E-state index in [2.05, 4.69) is 16.9 Å². The van der Waals surface area contributed by atoms with E-state index < -0.39 is 6.10 Å². The number of hydrogen-bond donors (Lipinski definition) is 1. The monoisotopic (exact) mass is 206 g/mol. The molecule has 0 radical (unpaired) electrons. The highest BCUT2D eigenvalue weighted by Gasteiger charge is 2.12. The zero-order chi connectivity index (χ0) is 11.3. The van der Waals surface area contributed by atoms with Gasteiger partial charge in [-0.25, -0.2) is 0 Å². The van der Waals surface area contributed by atoms with Gasteiger partial charge in [0.05, 0.1) is 17.5 Å². The first kappa shape index (κ1) is 11.8. The number of aliphatic hydroxyl groups excluding tert-OH is 1. The Morgan fingerprint density at radius 3 is 2.93 bits per heavy atom. The summed E-state index contributed by atoms with van der Waals surface area (Å²) in [7, 11) is 0. The lowest BCUT2D eigenvalue weighted by Crippen LogP contribution is -2.07. The lowest BCUT2D eigenvalue weighted by Gasteiger charge is -2.10. The van der Waals surface area contributed by atoms with Crippen LogP contribution in [0.1, 0.15) is 44.2 Å². The fourth-order valence-corrected chi connectivity index (χ4v) is 1.57. The van der Waals surface area contributed by atoms with Crippen LogP contribution in [0.25, 0.3) is 0 Å². The standard InChI is InChI=1S/C12H18N2O/c1-4-6-7-8-12(15)11-9-10(3)13-14(11)5-2/h9,12,15H,5,7-8H2,1-3H3. The summed E-state index contributed by atoms with van der Waals surface area (Å²) >= 11 is 0. The Morgan fingerprint density at radius 2 is 2.33 bits per heavy atom. The molecule has 0 bridgehead atoms. The Labute approximate surface area is 91.1 Å². The summed E-state index contributed by atoms with van der Waals surface area (Å²) in [5, 5.41) is 14.2. The van der Waals surface area contributed by atoms with Crippen LogP contribution in [0.2, 0.25) is 0 Å². The molecule has 0 spiro atoms. The fourth-order valence-electron chi connectivity index (χ4n) is 1.57. The van der Waals surface area contributed by atoms with E-state index in [9.17, 15) is 5.11 Å². The molecule has 0 aromatic carbocycles. The van der Waals surface area contributed by atoms with Crippen LogP contribution in [0.15, 0.2) is 6.07 Å². The predicted octanol–water partition coefficient (Wildman–Crippen LogP) is 2.05. The van der Waals surface area contributed by atoms with E-state index in [4.69, 9.17) is 0 Å². The Hall–Kier alpha value is -1.27. The van der Waals surface area contributed by atoms with Crippen molar-refractivity contribution in [3.63, 3.8) is 0 Å². The molecule has 1 aromatic rings. The summed E-state index contributed by atoms with van der Waals surface area (Å²) in [6.45, 7) is 6.56. The molecule has 1 rings (SSSR count). The Morgan fingerprint density at radius 1 is 1.60 bits per heavy atom. The minimum Gasteiger partial charge on any atom is -0.387 e. The second-order valence-electron chi connectivity index (χ2n) is 3.51. The summed E-state index contributed by atoms with van der Waals surface area (Å²) in [6, 6.07) is 1.94. The molecule has 1 aromatic heterocycles. The van der Waals surface area contributed by atoms with Crippen LogP contribution < -0.4 is 0 Å². The van der Waals surface area contributed by atoms with E-state index in [-0.39, 0.29) is 0 Å². The van der Waals surface area contributed by atoms with Crippen molar-refractivity contribution in [2.45, 2.75) is 46.3 Å². The summed E-state index contributed by atoms with van der Waals surface area (Å²) in [4.78, 5) is 0. The molecule has 0 fully saturated rings. The summed E-state index contributed by atoms with van der Waals surface area (Å²) in [5.41, 5.74) is 1.85. The van der Waals surface area contributed by atoms with Crippen molar-refractivity contribution in [1.29, 1.82) is 0 Å². The van der Waals surface area contributed by atoms with Gasteiger partial charge in [0, 0.05) is 13.0 Å². The van der Waals surface area contributed by atoms with E-state index in [1.165, 1.54) is 0 Å². The molecule has 82 valence electrons. The summed E-state index contributed by atoms with van der Waals surface area (Å²) in [6.07, 6.45) is 0.949. The second-order valence-corrected chi connectivity index (χ2v) is 3.51. The van der Waals surface area contributed by atoms with Gasteiger partial charge < -0.3 is 5.11 Å². The Bertz CT molecular complexity index is 371. The van der Waals surface area contributed by atoms with Crippen molar-refractivity contribution in [2.24, 2.45) is 0 Å². The molecule has 3 nitrogen and oxygen atoms in total. The highest BCUT2D eigenvalue weighted by atomic mass is 16.3. The smallest absolute Gasteiger partial charge is 0.0965 e. The van der Waals surface area contributed by atoms with E-state index >= 15 is 0 Å². The van der Waals surface area contributed by atoms with Gasteiger partial charge in [0.1, 0.15) is 0 Å². The quantitative estimate of drug-likeness (QED) is 0.766. The van der Waals surface area contributed by atoms with Crippen LogP contribution in [0.3, 0.4) is 0 Å². The molecule has 1 N–H and O–H groups in total. The van der Waals surface area contributed by atoms with Crippen LogP contribution in [0.4, 0.5) is 0 Å². The molecule has 0 aliphatic rings. The normalized spacial score (nSPS) is 12.0. The van der Waals surface area contributed by atoms with E-state index in [0.717, 1.165) is 24.4 Å². The molecule has 1 heterocycles. The van der Waals surface area contributed by atoms with Gasteiger partial charge in [-0.2, -0.15) is 5.10 Å². The number of aryl methyl sites for hydroxylation is 2. The second kappa shape index (κ2) is 5.57.